The highest BCUT2D eigenvalue weighted by molar-refractivity contribution is 7.20. The Hall–Kier alpha value is -0.890. The quantitative estimate of drug-likeness (QED) is 0.471. The monoisotopic (exact) mass is 347 g/mol. The minimum atomic E-state index is -2.25. The van der Waals surface area contributed by atoms with Gasteiger partial charge in [0, 0.05) is 5.56 Å². The Morgan fingerprint density at radius 1 is 0.900 bits per heavy atom. The van der Waals surface area contributed by atoms with Crippen molar-refractivity contribution in [3.63, 3.8) is 0 Å². The number of hydrogen-bond acceptors (Lipinski definition) is 2. The van der Waals surface area contributed by atoms with Crippen molar-refractivity contribution in [3.8, 4) is 0 Å². The standard InChI is InChI=1S/C11H4Cl2F5NS/c12-3-1-2(11(13)20-3)10(19)4-5(14)7(16)9(18)8(17)6(4)15/h1,10H,19H2. The topological polar surface area (TPSA) is 26.0 Å². The highest BCUT2D eigenvalue weighted by atomic mass is 35.5. The molecule has 0 aliphatic carbocycles. The van der Waals surface area contributed by atoms with Crippen molar-refractivity contribution in [2.75, 3.05) is 0 Å². The first kappa shape index (κ1) is 15.5. The van der Waals surface area contributed by atoms with E-state index in [0.29, 0.717) is 0 Å². The molecule has 9 heteroatoms. The lowest BCUT2D eigenvalue weighted by Gasteiger charge is -2.14. The van der Waals surface area contributed by atoms with Crippen LogP contribution < -0.4 is 5.73 Å². The molecule has 1 nitrogen and oxygen atoms in total. The lowest BCUT2D eigenvalue weighted by atomic mass is 10.00. The van der Waals surface area contributed by atoms with Crippen molar-refractivity contribution in [2.45, 2.75) is 6.04 Å². The molecule has 0 amide bonds. The predicted octanol–water partition coefficient (Wildman–Crippen LogP) is 4.80. The van der Waals surface area contributed by atoms with Crippen molar-refractivity contribution in [1.29, 1.82) is 0 Å². The molecular weight excluding hydrogens is 344 g/mol. The van der Waals surface area contributed by atoms with Crippen LogP contribution in [0.5, 0.6) is 0 Å². The van der Waals surface area contributed by atoms with E-state index in [1.165, 1.54) is 6.07 Å². The molecule has 0 saturated carbocycles. The zero-order valence-corrected chi connectivity index (χ0v) is 11.6. The summed E-state index contributed by atoms with van der Waals surface area (Å²) in [5, 5.41) is 0. The molecule has 0 aliphatic heterocycles. The Morgan fingerprint density at radius 2 is 1.35 bits per heavy atom. The Balaban J connectivity index is 2.67. The molecule has 1 heterocycles. The fourth-order valence-corrected chi connectivity index (χ4v) is 3.17. The van der Waals surface area contributed by atoms with Crippen LogP contribution in [0.1, 0.15) is 17.2 Å². The second-order valence-corrected chi connectivity index (χ2v) is 6.03. The first-order chi connectivity index (χ1) is 9.25. The van der Waals surface area contributed by atoms with Crippen molar-refractivity contribution < 1.29 is 22.0 Å². The van der Waals surface area contributed by atoms with Gasteiger partial charge in [-0.2, -0.15) is 0 Å². The van der Waals surface area contributed by atoms with Gasteiger partial charge in [-0.15, -0.1) is 11.3 Å². The Labute approximate surface area is 123 Å². The summed E-state index contributed by atoms with van der Waals surface area (Å²) in [6, 6.07) is -0.423. The van der Waals surface area contributed by atoms with Crippen molar-refractivity contribution >= 4 is 34.5 Å². The van der Waals surface area contributed by atoms with Crippen LogP contribution in [-0.4, -0.2) is 0 Å². The zero-order valence-electron chi connectivity index (χ0n) is 9.29. The van der Waals surface area contributed by atoms with Gasteiger partial charge in [0.25, 0.3) is 0 Å². The van der Waals surface area contributed by atoms with Crippen molar-refractivity contribution in [3.05, 3.63) is 55.0 Å². The SMILES string of the molecule is NC(c1cc(Cl)sc1Cl)c1c(F)c(F)c(F)c(F)c1F. The summed E-state index contributed by atoms with van der Waals surface area (Å²) in [4.78, 5) is 0. The molecule has 0 bridgehead atoms. The third kappa shape index (κ3) is 2.39. The maximum Gasteiger partial charge on any atom is 0.200 e. The van der Waals surface area contributed by atoms with Crippen LogP contribution in [0.3, 0.4) is 0 Å². The average molecular weight is 348 g/mol. The van der Waals surface area contributed by atoms with Gasteiger partial charge < -0.3 is 5.73 Å². The third-order valence-corrected chi connectivity index (χ3v) is 4.09. The molecular formula is C11H4Cl2F5NS. The van der Waals surface area contributed by atoms with E-state index in [-0.39, 0.29) is 14.2 Å². The molecule has 0 fully saturated rings. The van der Waals surface area contributed by atoms with Crippen molar-refractivity contribution in [1.82, 2.24) is 0 Å². The normalized spacial score (nSPS) is 12.8. The summed E-state index contributed by atoms with van der Waals surface area (Å²) < 4.78 is 66.5. The molecule has 1 atom stereocenters. The van der Waals surface area contributed by atoms with Gasteiger partial charge in [0.15, 0.2) is 23.3 Å². The zero-order chi connectivity index (χ0) is 15.2. The Morgan fingerprint density at radius 3 is 1.75 bits per heavy atom. The smallest absolute Gasteiger partial charge is 0.200 e. The van der Waals surface area contributed by atoms with Gasteiger partial charge in [-0.05, 0) is 6.07 Å². The summed E-state index contributed by atoms with van der Waals surface area (Å²) in [6.07, 6.45) is 0. The summed E-state index contributed by atoms with van der Waals surface area (Å²) in [7, 11) is 0. The van der Waals surface area contributed by atoms with Gasteiger partial charge in [0.2, 0.25) is 5.82 Å². The van der Waals surface area contributed by atoms with Crippen LogP contribution in [0.25, 0.3) is 0 Å². The van der Waals surface area contributed by atoms with Crippen LogP contribution in [-0.2, 0) is 0 Å². The molecule has 20 heavy (non-hydrogen) atoms. The van der Waals surface area contributed by atoms with E-state index in [4.69, 9.17) is 28.9 Å². The van der Waals surface area contributed by atoms with Crippen LogP contribution in [0.15, 0.2) is 6.07 Å². The average Bonchev–Trinajstić information content (AvgIpc) is 2.73. The Bertz CT molecular complexity index is 659. The van der Waals surface area contributed by atoms with E-state index >= 15 is 0 Å². The molecule has 108 valence electrons. The summed E-state index contributed by atoms with van der Waals surface area (Å²) in [6.45, 7) is 0. The third-order valence-electron chi connectivity index (χ3n) is 2.57. The Kier molecular flexibility index (Phi) is 4.24. The van der Waals surface area contributed by atoms with E-state index in [9.17, 15) is 22.0 Å². The number of hydrogen-bond donors (Lipinski definition) is 1. The van der Waals surface area contributed by atoms with E-state index < -0.39 is 40.7 Å². The lowest BCUT2D eigenvalue weighted by molar-refractivity contribution is 0.367. The lowest BCUT2D eigenvalue weighted by Crippen LogP contribution is -2.18. The molecule has 1 aromatic carbocycles. The predicted molar refractivity (Wildman–Crippen MR) is 66.6 cm³/mol. The second-order valence-electron chi connectivity index (χ2n) is 3.74. The summed E-state index contributed by atoms with van der Waals surface area (Å²) in [5.41, 5.74) is 4.37. The maximum atomic E-state index is 13.6. The van der Waals surface area contributed by atoms with Crippen LogP contribution in [0.2, 0.25) is 8.67 Å². The fourth-order valence-electron chi connectivity index (χ4n) is 1.62. The number of nitrogens with two attached hydrogens (primary N) is 1. The molecule has 1 aromatic heterocycles. The van der Waals surface area contributed by atoms with E-state index in [1.807, 2.05) is 0 Å². The number of thiophene rings is 1. The van der Waals surface area contributed by atoms with E-state index in [0.717, 1.165) is 11.3 Å². The highest BCUT2D eigenvalue weighted by Gasteiger charge is 2.30. The van der Waals surface area contributed by atoms with E-state index in [1.54, 1.807) is 0 Å². The first-order valence-electron chi connectivity index (χ1n) is 4.97. The minimum absolute atomic E-state index is 0.00596. The molecule has 2 rings (SSSR count). The number of rotatable bonds is 2. The molecule has 0 saturated heterocycles. The van der Waals surface area contributed by atoms with Crippen LogP contribution in [0, 0.1) is 29.1 Å². The largest absolute Gasteiger partial charge is 0.320 e. The summed E-state index contributed by atoms with van der Waals surface area (Å²) in [5.74, 6) is -10.4. The van der Waals surface area contributed by atoms with Gasteiger partial charge >= 0.3 is 0 Å². The van der Waals surface area contributed by atoms with Gasteiger partial charge in [-0.1, -0.05) is 23.2 Å². The molecule has 2 aromatic rings. The maximum absolute atomic E-state index is 13.6. The summed E-state index contributed by atoms with van der Waals surface area (Å²) >= 11 is 12.3. The van der Waals surface area contributed by atoms with Gasteiger partial charge in [-0.3, -0.25) is 0 Å². The molecule has 1 unspecified atom stereocenters. The van der Waals surface area contributed by atoms with Gasteiger partial charge in [0.05, 0.1) is 20.3 Å². The highest BCUT2D eigenvalue weighted by Crippen LogP contribution is 2.38. The van der Waals surface area contributed by atoms with Gasteiger partial charge in [-0.25, -0.2) is 22.0 Å². The van der Waals surface area contributed by atoms with E-state index in [2.05, 4.69) is 0 Å². The van der Waals surface area contributed by atoms with Gasteiger partial charge in [0.1, 0.15) is 0 Å². The van der Waals surface area contributed by atoms with Crippen LogP contribution in [0.4, 0.5) is 22.0 Å². The molecule has 2 N–H and O–H groups in total. The first-order valence-corrected chi connectivity index (χ1v) is 6.54. The second kappa shape index (κ2) is 5.48. The number of halogens is 7. The number of benzene rings is 1. The minimum Gasteiger partial charge on any atom is -0.320 e. The molecule has 0 spiro atoms. The molecule has 0 aliphatic rings. The van der Waals surface area contributed by atoms with Crippen LogP contribution >= 0.6 is 34.5 Å². The fraction of sp³-hybridized carbons (Fsp3) is 0.0909. The van der Waals surface area contributed by atoms with Crippen molar-refractivity contribution in [2.24, 2.45) is 5.73 Å². The molecule has 0 radical (unpaired) electrons.